The lowest BCUT2D eigenvalue weighted by atomic mass is 10.0. The van der Waals surface area contributed by atoms with Gasteiger partial charge in [0, 0.05) is 38.4 Å². The molecule has 0 unspecified atom stereocenters. The first kappa shape index (κ1) is 21.4. The van der Waals surface area contributed by atoms with Crippen LogP contribution < -0.4 is 10.2 Å². The number of aromatic nitrogens is 2. The molecule has 3 heterocycles. The molecule has 0 amide bonds. The van der Waals surface area contributed by atoms with Crippen molar-refractivity contribution in [3.8, 4) is 5.69 Å². The molecule has 2 aromatic carbocycles. The van der Waals surface area contributed by atoms with E-state index >= 15 is 0 Å². The molecular weight excluding hydrogens is 548 g/mol. The van der Waals surface area contributed by atoms with E-state index in [9.17, 15) is 0 Å². The number of anilines is 1. The minimum atomic E-state index is -0.0894. The standard InChI is InChI=1S/C25H20Br2N4S/c1-16-14-19(10-11-20(16)27)31-24(23(29-25(31)32)21-8-2-3-12-28-21)22-9-5-13-30(22)18-7-4-6-17(26)15-18/h2-15,23-24H,1H3,(H,29,32)/t23-,24-/m1/s1. The third-order valence-corrected chi connectivity index (χ3v) is 7.39. The minimum absolute atomic E-state index is 0.0769. The number of rotatable bonds is 4. The molecule has 4 aromatic rings. The van der Waals surface area contributed by atoms with Gasteiger partial charge in [-0.1, -0.05) is 44.0 Å². The topological polar surface area (TPSA) is 33.1 Å². The molecule has 5 rings (SSSR count). The molecule has 2 aromatic heterocycles. The smallest absolute Gasteiger partial charge is 0.174 e. The fourth-order valence-corrected chi connectivity index (χ4v) is 5.19. The van der Waals surface area contributed by atoms with Crippen LogP contribution in [0.4, 0.5) is 5.69 Å². The van der Waals surface area contributed by atoms with Crippen LogP contribution >= 0.6 is 44.1 Å². The number of hydrogen-bond acceptors (Lipinski definition) is 2. The van der Waals surface area contributed by atoms with Crippen LogP contribution in [0.2, 0.25) is 0 Å². The summed E-state index contributed by atoms with van der Waals surface area (Å²) in [6, 6.07) is 24.7. The van der Waals surface area contributed by atoms with Crippen molar-refractivity contribution in [2.24, 2.45) is 0 Å². The summed E-state index contributed by atoms with van der Waals surface area (Å²) in [5.41, 5.74) is 5.38. The Balaban J connectivity index is 1.68. The number of hydrogen-bond donors (Lipinski definition) is 1. The number of pyridine rings is 1. The highest BCUT2D eigenvalue weighted by atomic mass is 79.9. The first-order valence-corrected chi connectivity index (χ1v) is 12.2. The summed E-state index contributed by atoms with van der Waals surface area (Å²) < 4.78 is 4.34. The number of aryl methyl sites for hydroxylation is 1. The van der Waals surface area contributed by atoms with Crippen LogP contribution in [0.25, 0.3) is 5.69 Å². The van der Waals surface area contributed by atoms with Crippen molar-refractivity contribution in [1.29, 1.82) is 0 Å². The highest BCUT2D eigenvalue weighted by molar-refractivity contribution is 9.10. The molecule has 160 valence electrons. The molecule has 1 aliphatic rings. The third kappa shape index (κ3) is 3.89. The highest BCUT2D eigenvalue weighted by Gasteiger charge is 2.42. The largest absolute Gasteiger partial charge is 0.351 e. The van der Waals surface area contributed by atoms with Gasteiger partial charge < -0.3 is 14.8 Å². The van der Waals surface area contributed by atoms with E-state index in [2.05, 4.69) is 113 Å². The zero-order valence-corrected chi connectivity index (χ0v) is 21.2. The molecule has 1 N–H and O–H groups in total. The van der Waals surface area contributed by atoms with Gasteiger partial charge in [0.1, 0.15) is 6.04 Å². The summed E-state index contributed by atoms with van der Waals surface area (Å²) >= 11 is 13.1. The van der Waals surface area contributed by atoms with Gasteiger partial charge in [-0.3, -0.25) is 4.98 Å². The summed E-state index contributed by atoms with van der Waals surface area (Å²) in [5, 5.41) is 4.23. The Labute approximate surface area is 209 Å². The van der Waals surface area contributed by atoms with Crippen molar-refractivity contribution in [1.82, 2.24) is 14.9 Å². The molecule has 4 nitrogen and oxygen atoms in total. The van der Waals surface area contributed by atoms with Crippen molar-refractivity contribution in [3.63, 3.8) is 0 Å². The van der Waals surface area contributed by atoms with E-state index in [1.54, 1.807) is 0 Å². The summed E-state index contributed by atoms with van der Waals surface area (Å²) in [4.78, 5) is 6.86. The molecular formula is C25H20Br2N4S. The fraction of sp³-hybridized carbons (Fsp3) is 0.120. The average Bonchev–Trinajstić information content (AvgIpc) is 3.40. The van der Waals surface area contributed by atoms with E-state index in [1.165, 1.54) is 0 Å². The Kier molecular flexibility index (Phi) is 5.88. The van der Waals surface area contributed by atoms with Gasteiger partial charge in [-0.05, 0) is 85.4 Å². The maximum absolute atomic E-state index is 5.87. The number of nitrogens with zero attached hydrogens (tertiary/aromatic N) is 3. The van der Waals surface area contributed by atoms with Crippen molar-refractivity contribution in [3.05, 3.63) is 111 Å². The zero-order valence-electron chi connectivity index (χ0n) is 17.2. The van der Waals surface area contributed by atoms with Crippen LogP contribution in [0.1, 0.15) is 29.0 Å². The van der Waals surface area contributed by atoms with Gasteiger partial charge in [-0.25, -0.2) is 0 Å². The summed E-state index contributed by atoms with van der Waals surface area (Å²) in [6.45, 7) is 2.09. The lowest BCUT2D eigenvalue weighted by Gasteiger charge is -2.29. The minimum Gasteiger partial charge on any atom is -0.351 e. The highest BCUT2D eigenvalue weighted by Crippen LogP contribution is 2.42. The van der Waals surface area contributed by atoms with Crippen LogP contribution in [-0.2, 0) is 0 Å². The quantitative estimate of drug-likeness (QED) is 0.272. The van der Waals surface area contributed by atoms with Gasteiger partial charge >= 0.3 is 0 Å². The molecule has 0 spiro atoms. The molecule has 0 radical (unpaired) electrons. The summed E-state index contributed by atoms with van der Waals surface area (Å²) in [5.74, 6) is 0. The lowest BCUT2D eigenvalue weighted by molar-refractivity contribution is 0.549. The van der Waals surface area contributed by atoms with E-state index in [-0.39, 0.29) is 12.1 Å². The maximum Gasteiger partial charge on any atom is 0.174 e. The molecule has 1 fully saturated rings. The second-order valence-electron chi connectivity index (χ2n) is 7.71. The average molecular weight is 568 g/mol. The predicted octanol–water partition coefficient (Wildman–Crippen LogP) is 6.88. The third-order valence-electron chi connectivity index (χ3n) is 5.69. The van der Waals surface area contributed by atoms with Crippen molar-refractivity contribution < 1.29 is 0 Å². The van der Waals surface area contributed by atoms with Crippen molar-refractivity contribution in [2.75, 3.05) is 4.90 Å². The van der Waals surface area contributed by atoms with Crippen LogP contribution in [0, 0.1) is 6.92 Å². The molecule has 0 bridgehead atoms. The van der Waals surface area contributed by atoms with Gasteiger partial charge in [-0.2, -0.15) is 0 Å². The lowest BCUT2D eigenvalue weighted by Crippen LogP contribution is -2.30. The maximum atomic E-state index is 5.87. The number of nitrogens with one attached hydrogen (secondary N) is 1. The molecule has 2 atom stereocenters. The molecule has 0 saturated carbocycles. The number of halogens is 2. The predicted molar refractivity (Wildman–Crippen MR) is 140 cm³/mol. The van der Waals surface area contributed by atoms with Crippen molar-refractivity contribution in [2.45, 2.75) is 19.0 Å². The van der Waals surface area contributed by atoms with Crippen molar-refractivity contribution >= 4 is 54.9 Å². The van der Waals surface area contributed by atoms with Crippen LogP contribution in [0.5, 0.6) is 0 Å². The Hall–Kier alpha value is -2.48. The van der Waals surface area contributed by atoms with Gasteiger partial charge in [0.2, 0.25) is 0 Å². The summed E-state index contributed by atoms with van der Waals surface area (Å²) in [7, 11) is 0. The molecule has 1 aliphatic heterocycles. The fourth-order valence-electron chi connectivity index (χ4n) is 4.21. The van der Waals surface area contributed by atoms with Gasteiger partial charge in [0.15, 0.2) is 5.11 Å². The molecule has 7 heteroatoms. The SMILES string of the molecule is Cc1cc(N2C(=S)N[C@H](c3ccccn3)[C@H]2c2cccn2-c2cccc(Br)c2)ccc1Br. The first-order chi connectivity index (χ1) is 15.5. The van der Waals surface area contributed by atoms with E-state index in [1.807, 2.05) is 30.5 Å². The zero-order chi connectivity index (χ0) is 22.2. The second kappa shape index (κ2) is 8.81. The Morgan fingerprint density at radius 1 is 0.938 bits per heavy atom. The number of benzene rings is 2. The van der Waals surface area contributed by atoms with Crippen LogP contribution in [-0.4, -0.2) is 14.7 Å². The van der Waals surface area contributed by atoms with E-state index in [0.717, 1.165) is 37.3 Å². The molecule has 1 saturated heterocycles. The van der Waals surface area contributed by atoms with Gasteiger partial charge in [0.05, 0.1) is 11.7 Å². The van der Waals surface area contributed by atoms with Gasteiger partial charge in [0.25, 0.3) is 0 Å². The Bertz CT molecular complexity index is 1290. The number of thiocarbonyl (C=S) groups is 1. The molecule has 0 aliphatic carbocycles. The van der Waals surface area contributed by atoms with E-state index in [4.69, 9.17) is 12.2 Å². The van der Waals surface area contributed by atoms with Crippen LogP contribution in [0.15, 0.2) is 94.1 Å². The van der Waals surface area contributed by atoms with Crippen LogP contribution in [0.3, 0.4) is 0 Å². The normalized spacial score (nSPS) is 18.1. The van der Waals surface area contributed by atoms with E-state index < -0.39 is 0 Å². The Morgan fingerprint density at radius 3 is 2.56 bits per heavy atom. The first-order valence-electron chi connectivity index (χ1n) is 10.2. The Morgan fingerprint density at radius 2 is 1.81 bits per heavy atom. The monoisotopic (exact) mass is 566 g/mol. The van der Waals surface area contributed by atoms with Gasteiger partial charge in [-0.15, -0.1) is 0 Å². The molecule has 32 heavy (non-hydrogen) atoms. The van der Waals surface area contributed by atoms with E-state index in [0.29, 0.717) is 5.11 Å². The summed E-state index contributed by atoms with van der Waals surface area (Å²) in [6.07, 6.45) is 3.93. The second-order valence-corrected chi connectivity index (χ2v) is 9.87.